The number of hydrogen-bond donors (Lipinski definition) is 0. The van der Waals surface area contributed by atoms with Crippen molar-refractivity contribution in [1.29, 1.82) is 0 Å². The van der Waals surface area contributed by atoms with Gasteiger partial charge in [-0.25, -0.2) is 0 Å². The summed E-state index contributed by atoms with van der Waals surface area (Å²) in [4.78, 5) is 2.46. The van der Waals surface area contributed by atoms with E-state index in [1.54, 1.807) is 0 Å². The summed E-state index contributed by atoms with van der Waals surface area (Å²) in [5, 5.41) is 14.6. The third kappa shape index (κ3) is 6.39. The van der Waals surface area contributed by atoms with Crippen molar-refractivity contribution in [3.05, 3.63) is 249 Å². The Bertz CT molecular complexity index is 4300. The number of thiophene rings is 1. The van der Waals surface area contributed by atoms with E-state index in [-0.39, 0.29) is 0 Å². The molecule has 14 rings (SSSR count). The number of rotatable bonds is 4. The summed E-state index contributed by atoms with van der Waals surface area (Å²) in [7, 11) is 0. The Kier molecular flexibility index (Phi) is 9.11. The standard InChI is InChI=1S/C66H41NOS/c1-2-18-42(19-3-1)45-20-10-14-30-62(45)67(44-34-36-52-54-27-11-15-31-63(54)68-64-32-16-12-28-55(64)58(52)39-44)43-35-37-53-57(38-43)50-25-8-6-23-48(50)46-21-4-5-22-47(46)49-24-7-9-26-51(49)60-41-66-61(40-59(53)60)56-29-13-17-33-65(56)69-66/h1-41H. The molecular formula is C66H41NOS. The number of hydrogen-bond acceptors (Lipinski definition) is 3. The first kappa shape index (κ1) is 39.4. The van der Waals surface area contributed by atoms with E-state index in [0.29, 0.717) is 0 Å². The van der Waals surface area contributed by atoms with Crippen LogP contribution in [0.4, 0.5) is 17.1 Å². The van der Waals surface area contributed by atoms with Crippen molar-refractivity contribution in [1.82, 2.24) is 0 Å². The Morgan fingerprint density at radius 2 is 0.725 bits per heavy atom. The SMILES string of the molecule is c1ccc(-c2ccccc2N(c2ccc3c(c2)-c2ccccc2Oc2ccccc2-3)c2ccc3c(c2)c2ccccc2c2ccccc2c2ccccc2c2cc4sc5ccccc5c4cc32)cc1. The van der Waals surface area contributed by atoms with Crippen molar-refractivity contribution >= 4 is 102 Å². The maximum atomic E-state index is 6.68. The van der Waals surface area contributed by atoms with E-state index < -0.39 is 0 Å². The van der Waals surface area contributed by atoms with E-state index >= 15 is 0 Å². The summed E-state index contributed by atoms with van der Waals surface area (Å²) in [6.45, 7) is 0. The van der Waals surface area contributed by atoms with Crippen LogP contribution >= 0.6 is 11.3 Å². The molecule has 69 heavy (non-hydrogen) atoms. The fourth-order valence-corrected chi connectivity index (χ4v) is 12.1. The number of nitrogens with zero attached hydrogens (tertiary/aromatic N) is 1. The predicted octanol–water partition coefficient (Wildman–Crippen LogP) is 19.5. The van der Waals surface area contributed by atoms with E-state index in [0.717, 1.165) is 61.9 Å². The molecule has 0 radical (unpaired) electrons. The predicted molar refractivity (Wildman–Crippen MR) is 296 cm³/mol. The normalized spacial score (nSPS) is 11.9. The lowest BCUT2D eigenvalue weighted by molar-refractivity contribution is 0.488. The van der Waals surface area contributed by atoms with Crippen LogP contribution in [0.15, 0.2) is 249 Å². The van der Waals surface area contributed by atoms with Gasteiger partial charge in [-0.1, -0.05) is 188 Å². The number of fused-ring (bicyclic) bond motifs is 18. The van der Waals surface area contributed by atoms with E-state index in [9.17, 15) is 0 Å². The van der Waals surface area contributed by atoms with Crippen molar-refractivity contribution in [2.24, 2.45) is 0 Å². The molecular weight excluding hydrogens is 855 g/mol. The van der Waals surface area contributed by atoms with Gasteiger partial charge in [0.15, 0.2) is 0 Å². The third-order valence-electron chi connectivity index (χ3n) is 14.1. The van der Waals surface area contributed by atoms with Crippen molar-refractivity contribution in [2.45, 2.75) is 0 Å². The topological polar surface area (TPSA) is 12.5 Å². The largest absolute Gasteiger partial charge is 0.456 e. The maximum absolute atomic E-state index is 6.68. The second-order valence-corrected chi connectivity index (χ2v) is 19.0. The highest BCUT2D eigenvalue weighted by Crippen LogP contribution is 2.51. The monoisotopic (exact) mass is 895 g/mol. The molecule has 322 valence electrons. The Morgan fingerprint density at radius 3 is 1.39 bits per heavy atom. The Labute approximate surface area is 403 Å². The summed E-state index contributed by atoms with van der Waals surface area (Å²) in [6, 6.07) is 91.2. The second-order valence-electron chi connectivity index (χ2n) is 17.9. The van der Waals surface area contributed by atoms with Crippen LogP contribution in [0.3, 0.4) is 0 Å². The maximum Gasteiger partial charge on any atom is 0.135 e. The first-order chi connectivity index (χ1) is 34.2. The van der Waals surface area contributed by atoms with Crippen LogP contribution in [-0.4, -0.2) is 0 Å². The van der Waals surface area contributed by atoms with Crippen LogP contribution < -0.4 is 9.64 Å². The number of para-hydroxylation sites is 3. The first-order valence-corrected chi connectivity index (χ1v) is 24.4. The number of ether oxygens (including phenoxy) is 1. The van der Waals surface area contributed by atoms with Crippen LogP contribution in [0.5, 0.6) is 11.5 Å². The summed E-state index contributed by atoms with van der Waals surface area (Å²) >= 11 is 1.88. The van der Waals surface area contributed by atoms with Gasteiger partial charge in [0.25, 0.3) is 0 Å². The molecule has 0 aliphatic carbocycles. The first-order valence-electron chi connectivity index (χ1n) is 23.6. The molecule has 0 bridgehead atoms. The highest BCUT2D eigenvalue weighted by atomic mass is 32.1. The summed E-state index contributed by atoms with van der Waals surface area (Å²) in [5.41, 5.74) is 9.87. The average molecular weight is 896 g/mol. The van der Waals surface area contributed by atoms with Gasteiger partial charge < -0.3 is 9.64 Å². The van der Waals surface area contributed by atoms with Gasteiger partial charge >= 0.3 is 0 Å². The van der Waals surface area contributed by atoms with Gasteiger partial charge in [-0.2, -0.15) is 0 Å². The van der Waals surface area contributed by atoms with Gasteiger partial charge in [0, 0.05) is 48.2 Å². The summed E-state index contributed by atoms with van der Waals surface area (Å²) in [6.07, 6.45) is 0. The highest BCUT2D eigenvalue weighted by Gasteiger charge is 2.24. The highest BCUT2D eigenvalue weighted by molar-refractivity contribution is 7.25. The van der Waals surface area contributed by atoms with E-state index in [2.05, 4.69) is 248 Å². The molecule has 0 N–H and O–H groups in total. The van der Waals surface area contributed by atoms with Crippen molar-refractivity contribution in [3.8, 4) is 44.9 Å². The molecule has 13 aromatic rings. The van der Waals surface area contributed by atoms with Gasteiger partial charge in [0.05, 0.1) is 5.69 Å². The quantitative estimate of drug-likeness (QED) is 0.175. The fourth-order valence-electron chi connectivity index (χ4n) is 11.0. The minimum absolute atomic E-state index is 0.842. The van der Waals surface area contributed by atoms with Crippen LogP contribution in [0.1, 0.15) is 0 Å². The second kappa shape index (κ2) is 16.0. The minimum Gasteiger partial charge on any atom is -0.456 e. The molecule has 2 nitrogen and oxygen atoms in total. The Balaban J connectivity index is 1.14. The van der Waals surface area contributed by atoms with Gasteiger partial charge in [0.1, 0.15) is 11.5 Å². The van der Waals surface area contributed by atoms with Crippen molar-refractivity contribution in [3.63, 3.8) is 0 Å². The van der Waals surface area contributed by atoms with E-state index in [1.807, 2.05) is 17.4 Å². The zero-order chi connectivity index (χ0) is 45.4. The average Bonchev–Trinajstić information content (AvgIpc) is 3.71. The molecule has 0 amide bonds. The lowest BCUT2D eigenvalue weighted by Gasteiger charge is -2.29. The molecule has 1 aromatic heterocycles. The molecule has 12 aromatic carbocycles. The lowest BCUT2D eigenvalue weighted by atomic mass is 9.92. The van der Waals surface area contributed by atoms with Gasteiger partial charge in [-0.05, 0) is 131 Å². The van der Waals surface area contributed by atoms with E-state index in [1.165, 1.54) is 74.0 Å². The Hall–Kier alpha value is -8.76. The number of anilines is 3. The number of benzene rings is 11. The lowest BCUT2D eigenvalue weighted by Crippen LogP contribution is -2.11. The molecule has 1 aliphatic rings. The van der Waals surface area contributed by atoms with Gasteiger partial charge in [-0.15, -0.1) is 11.3 Å². The van der Waals surface area contributed by atoms with Crippen molar-refractivity contribution in [2.75, 3.05) is 4.90 Å². The zero-order valence-corrected chi connectivity index (χ0v) is 38.3. The van der Waals surface area contributed by atoms with Crippen molar-refractivity contribution < 1.29 is 4.74 Å². The smallest absolute Gasteiger partial charge is 0.135 e. The molecule has 0 spiro atoms. The molecule has 3 heteroatoms. The molecule has 1 aliphatic heterocycles. The van der Waals surface area contributed by atoms with E-state index in [4.69, 9.17) is 4.74 Å². The molecule has 2 heterocycles. The van der Waals surface area contributed by atoms with Crippen LogP contribution in [0.25, 0.3) is 107 Å². The summed E-state index contributed by atoms with van der Waals surface area (Å²) < 4.78 is 9.26. The molecule has 0 fully saturated rings. The third-order valence-corrected chi connectivity index (χ3v) is 15.2. The Morgan fingerprint density at radius 1 is 0.261 bits per heavy atom. The van der Waals surface area contributed by atoms with Crippen LogP contribution in [0, 0.1) is 0 Å². The molecule has 0 atom stereocenters. The zero-order valence-electron chi connectivity index (χ0n) is 37.4. The van der Waals surface area contributed by atoms with Crippen LogP contribution in [0.2, 0.25) is 0 Å². The van der Waals surface area contributed by atoms with Gasteiger partial charge in [0.2, 0.25) is 0 Å². The molecule has 0 unspecified atom stereocenters. The fraction of sp³-hybridized carbons (Fsp3) is 0. The summed E-state index contributed by atoms with van der Waals surface area (Å²) in [5.74, 6) is 1.70. The molecule has 0 saturated heterocycles. The van der Waals surface area contributed by atoms with Crippen LogP contribution in [-0.2, 0) is 0 Å². The molecule has 0 saturated carbocycles. The minimum atomic E-state index is 0.842. The van der Waals surface area contributed by atoms with Gasteiger partial charge in [-0.3, -0.25) is 0 Å².